The minimum Gasteiger partial charge on any atom is -0.329 e. The molecule has 3 aliphatic rings. The maximum Gasteiger partial charge on any atom is 0.406 e. The summed E-state index contributed by atoms with van der Waals surface area (Å²) in [4.78, 5) is 39.5. The summed E-state index contributed by atoms with van der Waals surface area (Å²) in [6.45, 7) is 1.46. The molecule has 0 unspecified atom stereocenters. The summed E-state index contributed by atoms with van der Waals surface area (Å²) >= 11 is 0. The molecule has 27 heavy (non-hydrogen) atoms. The van der Waals surface area contributed by atoms with E-state index in [1.807, 2.05) is 6.92 Å². The molecule has 9 heteroatoms. The Bertz CT molecular complexity index is 635. The quantitative estimate of drug-likeness (QED) is 0.735. The van der Waals surface area contributed by atoms with E-state index < -0.39 is 48.7 Å². The van der Waals surface area contributed by atoms with Crippen LogP contribution in [0, 0.1) is 11.8 Å². The van der Waals surface area contributed by atoms with Gasteiger partial charge in [0.05, 0.1) is 0 Å². The second kappa shape index (κ2) is 6.98. The van der Waals surface area contributed by atoms with Crippen molar-refractivity contribution < 1.29 is 27.6 Å². The third-order valence-electron chi connectivity index (χ3n) is 6.26. The summed E-state index contributed by atoms with van der Waals surface area (Å²) in [5.41, 5.74) is -1.02. The Hall–Kier alpha value is -1.80. The number of carbonyl (C=O) groups excluding carboxylic acids is 3. The first-order valence-corrected chi connectivity index (χ1v) is 9.55. The van der Waals surface area contributed by atoms with Crippen LogP contribution in [-0.4, -0.2) is 58.5 Å². The number of hydrogen-bond acceptors (Lipinski definition) is 3. The zero-order chi connectivity index (χ0) is 20.0. The second-order valence-corrected chi connectivity index (χ2v) is 8.15. The summed E-state index contributed by atoms with van der Waals surface area (Å²) in [7, 11) is 0. The fourth-order valence-electron chi connectivity index (χ4n) is 4.35. The van der Waals surface area contributed by atoms with E-state index in [4.69, 9.17) is 0 Å². The molecular formula is C18H26F3N3O3. The number of halogens is 3. The van der Waals surface area contributed by atoms with Gasteiger partial charge in [-0.1, -0.05) is 19.8 Å². The van der Waals surface area contributed by atoms with Crippen LogP contribution in [0.1, 0.15) is 52.4 Å². The van der Waals surface area contributed by atoms with Gasteiger partial charge >= 0.3 is 12.2 Å². The Morgan fingerprint density at radius 3 is 2.52 bits per heavy atom. The van der Waals surface area contributed by atoms with E-state index in [9.17, 15) is 27.6 Å². The van der Waals surface area contributed by atoms with Crippen molar-refractivity contribution in [2.45, 2.75) is 70.1 Å². The highest BCUT2D eigenvalue weighted by Crippen LogP contribution is 2.39. The largest absolute Gasteiger partial charge is 0.406 e. The average molecular weight is 389 g/mol. The van der Waals surface area contributed by atoms with Crippen molar-refractivity contribution in [3.8, 4) is 0 Å². The topological polar surface area (TPSA) is 69.7 Å². The average Bonchev–Trinajstić information content (AvgIpc) is 3.39. The normalized spacial score (nSPS) is 29.8. The summed E-state index contributed by atoms with van der Waals surface area (Å²) < 4.78 is 38.9. The first-order chi connectivity index (χ1) is 12.5. The van der Waals surface area contributed by atoms with Gasteiger partial charge < -0.3 is 10.2 Å². The maximum absolute atomic E-state index is 13.0. The molecule has 1 N–H and O–H groups in total. The van der Waals surface area contributed by atoms with Crippen LogP contribution in [-0.2, 0) is 9.59 Å². The van der Waals surface area contributed by atoms with Crippen LogP contribution < -0.4 is 5.32 Å². The Kier molecular flexibility index (Phi) is 5.16. The van der Waals surface area contributed by atoms with Gasteiger partial charge in [0.15, 0.2) is 0 Å². The van der Waals surface area contributed by atoms with E-state index in [1.165, 1.54) is 0 Å². The van der Waals surface area contributed by atoms with E-state index in [2.05, 4.69) is 5.32 Å². The molecule has 0 aromatic carbocycles. The summed E-state index contributed by atoms with van der Waals surface area (Å²) in [5, 5.41) is 2.72. The lowest BCUT2D eigenvalue weighted by molar-refractivity contribution is -0.166. The van der Waals surface area contributed by atoms with E-state index in [-0.39, 0.29) is 11.8 Å². The smallest absolute Gasteiger partial charge is 0.329 e. The van der Waals surface area contributed by atoms with Crippen LogP contribution in [0.5, 0.6) is 0 Å². The zero-order valence-electron chi connectivity index (χ0n) is 15.6. The van der Waals surface area contributed by atoms with E-state index in [0.717, 1.165) is 41.9 Å². The van der Waals surface area contributed by atoms with Crippen LogP contribution in [0.25, 0.3) is 0 Å². The fraction of sp³-hybridized carbons (Fsp3) is 0.833. The molecule has 3 fully saturated rings. The van der Waals surface area contributed by atoms with Gasteiger partial charge in [-0.05, 0) is 44.4 Å². The SMILES string of the molecule is C[C@@H](C1CC1)N(CC(F)(F)F)C(=O)CN1C(=O)N[C@@]2(CCCC[C@@H]2C)C1=O. The van der Waals surface area contributed by atoms with Crippen LogP contribution >= 0.6 is 0 Å². The molecule has 2 aliphatic carbocycles. The fourth-order valence-corrected chi connectivity index (χ4v) is 4.35. The van der Waals surface area contributed by atoms with E-state index in [1.54, 1.807) is 6.92 Å². The van der Waals surface area contributed by atoms with Crippen molar-refractivity contribution in [1.29, 1.82) is 0 Å². The number of rotatable bonds is 5. The molecule has 1 heterocycles. The second-order valence-electron chi connectivity index (χ2n) is 8.15. The minimum absolute atomic E-state index is 0.0455. The van der Waals surface area contributed by atoms with Crippen molar-refractivity contribution in [2.24, 2.45) is 11.8 Å². The Morgan fingerprint density at radius 1 is 1.30 bits per heavy atom. The molecule has 0 aromatic heterocycles. The van der Waals surface area contributed by atoms with Gasteiger partial charge in [-0.15, -0.1) is 0 Å². The number of nitrogens with one attached hydrogen (secondary N) is 1. The highest BCUT2D eigenvalue weighted by Gasteiger charge is 2.55. The van der Waals surface area contributed by atoms with Crippen molar-refractivity contribution in [3.63, 3.8) is 0 Å². The number of hydrogen-bond donors (Lipinski definition) is 1. The predicted molar refractivity (Wildman–Crippen MR) is 90.6 cm³/mol. The minimum atomic E-state index is -4.53. The van der Waals surface area contributed by atoms with Gasteiger partial charge in [0.2, 0.25) is 5.91 Å². The number of alkyl halides is 3. The number of urea groups is 1. The van der Waals surface area contributed by atoms with Crippen LogP contribution in [0.2, 0.25) is 0 Å². The number of carbonyl (C=O) groups is 3. The third-order valence-corrected chi connectivity index (χ3v) is 6.26. The Morgan fingerprint density at radius 2 is 1.96 bits per heavy atom. The molecule has 152 valence electrons. The first kappa shape index (κ1) is 19.9. The van der Waals surface area contributed by atoms with Crippen LogP contribution in [0.4, 0.5) is 18.0 Å². The first-order valence-electron chi connectivity index (χ1n) is 9.55. The standard InChI is InChI=1S/C18H26F3N3O3/c1-11-5-3-4-8-17(11)15(26)23(16(27)22-17)9-14(25)24(10-18(19,20)21)12(2)13-6-7-13/h11-13H,3-10H2,1-2H3,(H,22,27)/t11-,12-,17+/m0/s1. The lowest BCUT2D eigenvalue weighted by atomic mass is 9.73. The lowest BCUT2D eigenvalue weighted by Gasteiger charge is -2.37. The monoisotopic (exact) mass is 389 g/mol. The molecule has 1 saturated heterocycles. The zero-order valence-corrected chi connectivity index (χ0v) is 15.6. The van der Waals surface area contributed by atoms with Crippen molar-refractivity contribution >= 4 is 17.8 Å². The molecule has 0 bridgehead atoms. The maximum atomic E-state index is 13.0. The van der Waals surface area contributed by atoms with Crippen LogP contribution in [0.3, 0.4) is 0 Å². The molecular weight excluding hydrogens is 363 g/mol. The van der Waals surface area contributed by atoms with Gasteiger partial charge in [0.25, 0.3) is 5.91 Å². The third kappa shape index (κ3) is 3.91. The van der Waals surface area contributed by atoms with Crippen LogP contribution in [0.15, 0.2) is 0 Å². The van der Waals surface area contributed by atoms with Gasteiger partial charge in [-0.2, -0.15) is 13.2 Å². The molecule has 3 rings (SSSR count). The lowest BCUT2D eigenvalue weighted by Crippen LogP contribution is -2.54. The summed E-state index contributed by atoms with van der Waals surface area (Å²) in [6, 6.07) is -1.25. The molecule has 1 spiro atoms. The molecule has 2 saturated carbocycles. The summed E-state index contributed by atoms with van der Waals surface area (Å²) in [5.74, 6) is -1.35. The van der Waals surface area contributed by atoms with E-state index >= 15 is 0 Å². The molecule has 0 radical (unpaired) electrons. The Labute approximate surface area is 156 Å². The van der Waals surface area contributed by atoms with Crippen molar-refractivity contribution in [1.82, 2.24) is 15.1 Å². The molecule has 6 nitrogen and oxygen atoms in total. The number of nitrogens with zero attached hydrogens (tertiary/aromatic N) is 2. The summed E-state index contributed by atoms with van der Waals surface area (Å²) in [6.07, 6.45) is 0.0650. The van der Waals surface area contributed by atoms with Crippen molar-refractivity contribution in [3.05, 3.63) is 0 Å². The van der Waals surface area contributed by atoms with Gasteiger partial charge in [-0.3, -0.25) is 14.5 Å². The predicted octanol–water partition coefficient (Wildman–Crippen LogP) is 2.68. The van der Waals surface area contributed by atoms with Gasteiger partial charge in [-0.25, -0.2) is 4.79 Å². The molecule has 1 aliphatic heterocycles. The number of imide groups is 1. The number of amides is 4. The van der Waals surface area contributed by atoms with Crippen molar-refractivity contribution in [2.75, 3.05) is 13.1 Å². The highest BCUT2D eigenvalue weighted by atomic mass is 19.4. The molecule has 0 aromatic rings. The molecule has 3 atom stereocenters. The highest BCUT2D eigenvalue weighted by molar-refractivity contribution is 6.09. The van der Waals surface area contributed by atoms with Gasteiger partial charge in [0.1, 0.15) is 18.6 Å². The van der Waals surface area contributed by atoms with Gasteiger partial charge in [0, 0.05) is 6.04 Å². The van der Waals surface area contributed by atoms with E-state index in [0.29, 0.717) is 6.42 Å². The Balaban J connectivity index is 1.74. The molecule has 4 amide bonds.